The Hall–Kier alpha value is -0.860. The molecule has 0 radical (unpaired) electrons. The van der Waals surface area contributed by atoms with E-state index in [1.165, 1.54) is 43.5 Å². The normalized spacial score (nSPS) is 28.5. The highest BCUT2D eigenvalue weighted by Gasteiger charge is 2.36. The van der Waals surface area contributed by atoms with Crippen LogP contribution in [0.4, 0.5) is 0 Å². The van der Waals surface area contributed by atoms with Gasteiger partial charge in [0.2, 0.25) is 0 Å². The van der Waals surface area contributed by atoms with E-state index in [1.807, 2.05) is 0 Å². The highest BCUT2D eigenvalue weighted by molar-refractivity contribution is 5.25. The van der Waals surface area contributed by atoms with E-state index >= 15 is 0 Å². The fourth-order valence-electron chi connectivity index (χ4n) is 3.30. The van der Waals surface area contributed by atoms with Gasteiger partial charge in [-0.2, -0.15) is 0 Å². The average Bonchev–Trinajstić information content (AvgIpc) is 3.26. The molecular formula is C17H26N2. The van der Waals surface area contributed by atoms with Crippen LogP contribution in [0.15, 0.2) is 24.3 Å². The number of piperazine rings is 1. The largest absolute Gasteiger partial charge is 0.311 e. The van der Waals surface area contributed by atoms with Crippen LogP contribution in [0.5, 0.6) is 0 Å². The molecule has 2 heteroatoms. The van der Waals surface area contributed by atoms with Crippen molar-refractivity contribution in [1.82, 2.24) is 10.2 Å². The van der Waals surface area contributed by atoms with Crippen LogP contribution in [-0.4, -0.2) is 30.1 Å². The lowest BCUT2D eigenvalue weighted by molar-refractivity contribution is 0.111. The quantitative estimate of drug-likeness (QED) is 0.893. The molecule has 2 aliphatic rings. The van der Waals surface area contributed by atoms with E-state index in [2.05, 4.69) is 48.3 Å². The van der Waals surface area contributed by atoms with Gasteiger partial charge in [0.25, 0.3) is 0 Å². The number of benzene rings is 1. The predicted octanol–water partition coefficient (Wildman–Crippen LogP) is 2.96. The van der Waals surface area contributed by atoms with Crippen molar-refractivity contribution in [2.24, 2.45) is 5.92 Å². The summed E-state index contributed by atoms with van der Waals surface area (Å²) in [7, 11) is 0. The Labute approximate surface area is 117 Å². The molecule has 104 valence electrons. The van der Waals surface area contributed by atoms with Crippen LogP contribution in [0.2, 0.25) is 0 Å². The van der Waals surface area contributed by atoms with Gasteiger partial charge in [0.05, 0.1) is 0 Å². The topological polar surface area (TPSA) is 15.3 Å². The van der Waals surface area contributed by atoms with E-state index in [1.54, 1.807) is 0 Å². The molecule has 0 aromatic heterocycles. The first-order valence-electron chi connectivity index (χ1n) is 7.80. The predicted molar refractivity (Wildman–Crippen MR) is 80.2 cm³/mol. The van der Waals surface area contributed by atoms with Crippen molar-refractivity contribution >= 4 is 0 Å². The van der Waals surface area contributed by atoms with E-state index < -0.39 is 0 Å². The van der Waals surface area contributed by atoms with Crippen LogP contribution >= 0.6 is 0 Å². The van der Waals surface area contributed by atoms with E-state index in [9.17, 15) is 0 Å². The molecule has 19 heavy (non-hydrogen) atoms. The fraction of sp³-hybridized carbons (Fsp3) is 0.647. The van der Waals surface area contributed by atoms with Gasteiger partial charge in [0, 0.05) is 31.7 Å². The third-order valence-electron chi connectivity index (χ3n) is 4.86. The molecule has 1 saturated carbocycles. The van der Waals surface area contributed by atoms with E-state index in [-0.39, 0.29) is 0 Å². The molecule has 3 rings (SSSR count). The molecule has 0 amide bonds. The Morgan fingerprint density at radius 2 is 2.05 bits per heavy atom. The van der Waals surface area contributed by atoms with Crippen LogP contribution in [-0.2, 0) is 6.54 Å². The summed E-state index contributed by atoms with van der Waals surface area (Å²) in [5, 5.41) is 3.77. The maximum Gasteiger partial charge on any atom is 0.0240 e. The van der Waals surface area contributed by atoms with Crippen molar-refractivity contribution in [3.05, 3.63) is 35.4 Å². The number of hydrogen-bond acceptors (Lipinski definition) is 2. The lowest BCUT2D eigenvalue weighted by Crippen LogP contribution is -2.56. The van der Waals surface area contributed by atoms with Crippen molar-refractivity contribution in [2.75, 3.05) is 13.1 Å². The first-order valence-corrected chi connectivity index (χ1v) is 7.80. The van der Waals surface area contributed by atoms with Gasteiger partial charge >= 0.3 is 0 Å². The molecule has 2 nitrogen and oxygen atoms in total. The Morgan fingerprint density at radius 1 is 1.26 bits per heavy atom. The second-order valence-electron chi connectivity index (χ2n) is 6.27. The second-order valence-corrected chi connectivity index (χ2v) is 6.27. The summed E-state index contributed by atoms with van der Waals surface area (Å²) in [4.78, 5) is 2.71. The third-order valence-corrected chi connectivity index (χ3v) is 4.86. The monoisotopic (exact) mass is 258 g/mol. The zero-order valence-electron chi connectivity index (χ0n) is 12.2. The number of aryl methyl sites for hydroxylation is 1. The Morgan fingerprint density at radius 3 is 2.74 bits per heavy atom. The molecule has 0 spiro atoms. The van der Waals surface area contributed by atoms with Gasteiger partial charge in [-0.05, 0) is 43.2 Å². The molecule has 0 bridgehead atoms. The summed E-state index contributed by atoms with van der Waals surface area (Å²) in [5.74, 6) is 0.956. The third kappa shape index (κ3) is 3.01. The molecule has 1 aliphatic heterocycles. The summed E-state index contributed by atoms with van der Waals surface area (Å²) in [6, 6.07) is 10.3. The Bertz CT molecular complexity index is 425. The number of nitrogens with one attached hydrogen (secondary N) is 1. The molecule has 1 saturated heterocycles. The minimum Gasteiger partial charge on any atom is -0.311 e. The fourth-order valence-corrected chi connectivity index (χ4v) is 3.30. The summed E-state index contributed by atoms with van der Waals surface area (Å²) in [5.41, 5.74) is 2.93. The Kier molecular flexibility index (Phi) is 3.90. The molecule has 1 aliphatic carbocycles. The van der Waals surface area contributed by atoms with Crippen LogP contribution in [0.3, 0.4) is 0 Å². The van der Waals surface area contributed by atoms with E-state index in [0.29, 0.717) is 6.04 Å². The van der Waals surface area contributed by atoms with Gasteiger partial charge in [-0.25, -0.2) is 0 Å². The van der Waals surface area contributed by atoms with Crippen molar-refractivity contribution in [3.63, 3.8) is 0 Å². The van der Waals surface area contributed by atoms with E-state index in [4.69, 9.17) is 0 Å². The van der Waals surface area contributed by atoms with Crippen LogP contribution in [0, 0.1) is 12.8 Å². The maximum absolute atomic E-state index is 3.77. The van der Waals surface area contributed by atoms with Crippen LogP contribution < -0.4 is 5.32 Å². The summed E-state index contributed by atoms with van der Waals surface area (Å²) in [6.45, 7) is 8.07. The minimum absolute atomic E-state index is 0.703. The molecule has 1 N–H and O–H groups in total. The highest BCUT2D eigenvalue weighted by atomic mass is 15.2. The summed E-state index contributed by atoms with van der Waals surface area (Å²) in [6.07, 6.45) is 4.12. The molecule has 1 aromatic rings. The number of nitrogens with zero attached hydrogens (tertiary/aromatic N) is 1. The molecule has 2 atom stereocenters. The number of hydrogen-bond donors (Lipinski definition) is 1. The van der Waals surface area contributed by atoms with Gasteiger partial charge in [-0.15, -0.1) is 0 Å². The van der Waals surface area contributed by atoms with E-state index in [0.717, 1.165) is 18.5 Å². The van der Waals surface area contributed by atoms with Crippen LogP contribution in [0.1, 0.15) is 37.3 Å². The SMILES string of the molecule is CCC1CNC(C2CC2)CN1Cc1ccccc1C. The molecular weight excluding hydrogens is 232 g/mol. The van der Waals surface area contributed by atoms with Crippen molar-refractivity contribution < 1.29 is 0 Å². The summed E-state index contributed by atoms with van der Waals surface area (Å²) < 4.78 is 0. The van der Waals surface area contributed by atoms with Gasteiger partial charge in [0.1, 0.15) is 0 Å². The first kappa shape index (κ1) is 13.1. The van der Waals surface area contributed by atoms with Gasteiger partial charge < -0.3 is 5.32 Å². The van der Waals surface area contributed by atoms with Gasteiger partial charge in [-0.3, -0.25) is 4.90 Å². The molecule has 2 fully saturated rings. The standard InChI is InChI=1S/C17H26N2/c1-3-16-10-18-17(14-8-9-14)12-19(16)11-15-7-5-4-6-13(15)2/h4-7,14,16-18H,3,8-12H2,1-2H3. The van der Waals surface area contributed by atoms with Crippen LogP contribution in [0.25, 0.3) is 0 Å². The zero-order valence-corrected chi connectivity index (χ0v) is 12.2. The summed E-state index contributed by atoms with van der Waals surface area (Å²) >= 11 is 0. The lowest BCUT2D eigenvalue weighted by atomic mass is 10.0. The van der Waals surface area contributed by atoms with Gasteiger partial charge in [0.15, 0.2) is 0 Å². The highest BCUT2D eigenvalue weighted by Crippen LogP contribution is 2.34. The molecule has 1 aromatic carbocycles. The molecule has 1 heterocycles. The zero-order chi connectivity index (χ0) is 13.2. The minimum atomic E-state index is 0.703. The second kappa shape index (κ2) is 5.64. The number of rotatable bonds is 4. The first-order chi connectivity index (χ1) is 9.28. The smallest absolute Gasteiger partial charge is 0.0240 e. The van der Waals surface area contributed by atoms with Crippen molar-refractivity contribution in [1.29, 1.82) is 0 Å². The average molecular weight is 258 g/mol. The maximum atomic E-state index is 3.77. The van der Waals surface area contributed by atoms with Crippen molar-refractivity contribution in [3.8, 4) is 0 Å². The van der Waals surface area contributed by atoms with Gasteiger partial charge in [-0.1, -0.05) is 31.2 Å². The van der Waals surface area contributed by atoms with Crippen molar-refractivity contribution in [2.45, 2.75) is 51.7 Å². The molecule has 2 unspecified atom stereocenters. The Balaban J connectivity index is 1.70. The lowest BCUT2D eigenvalue weighted by Gasteiger charge is -2.40.